The maximum absolute atomic E-state index is 14.4. The number of carbonyl (C=O) groups excluding carboxylic acids is 1. The van der Waals surface area contributed by atoms with Crippen LogP contribution in [0.4, 0.5) is 22.0 Å². The molecule has 0 saturated carbocycles. The topological polar surface area (TPSA) is 145 Å². The summed E-state index contributed by atoms with van der Waals surface area (Å²) in [6, 6.07) is 6.47. The van der Waals surface area contributed by atoms with Crippen LogP contribution < -0.4 is 10.1 Å². The van der Waals surface area contributed by atoms with Crippen molar-refractivity contribution in [1.82, 2.24) is 30.2 Å². The summed E-state index contributed by atoms with van der Waals surface area (Å²) >= 11 is 0. The Morgan fingerprint density at radius 1 is 1.07 bits per heavy atom. The molecule has 0 fully saturated rings. The summed E-state index contributed by atoms with van der Waals surface area (Å²) in [4.78, 5) is 32.7. The molecule has 235 valence electrons. The number of alkyl halides is 3. The van der Waals surface area contributed by atoms with Crippen LogP contribution in [-0.2, 0) is 15.8 Å². The number of hydrogen-bond donors (Lipinski definition) is 2. The molecule has 11 nitrogen and oxygen atoms in total. The molecule has 46 heavy (non-hydrogen) atoms. The van der Waals surface area contributed by atoms with Crippen LogP contribution in [0, 0.1) is 11.6 Å². The van der Waals surface area contributed by atoms with Crippen molar-refractivity contribution in [2.24, 2.45) is 0 Å². The third kappa shape index (κ3) is 7.51. The Bertz CT molecular complexity index is 1830. The minimum Gasteiger partial charge on any atom is -0.494 e. The van der Waals surface area contributed by atoms with Crippen LogP contribution in [0.5, 0.6) is 5.75 Å². The molecule has 3 aromatic rings. The Morgan fingerprint density at radius 3 is 2.54 bits per heavy atom. The van der Waals surface area contributed by atoms with Crippen LogP contribution in [-0.4, -0.2) is 84.6 Å². The first-order valence-corrected chi connectivity index (χ1v) is 13.4. The summed E-state index contributed by atoms with van der Waals surface area (Å²) in [5.41, 5.74) is -1.59. The standard InChI is InChI=1S/C29H23F5N6O5.Na/c1-2-10-44-15-6-7-16(18(11-15)29(32,33)34)20-12-23(45-39-20)26(28(43)35-9-8-24(41)42)40-14-22-21(13-36-40)37-27(38-22)17-4-3-5-19(30)25(17)31;/h3-7,11-14,26H,2,8-10H2,1H3,(H,35,43)(H,41,42);. The Labute approximate surface area is 279 Å². The van der Waals surface area contributed by atoms with Crippen molar-refractivity contribution in [3.63, 3.8) is 0 Å². The third-order valence-electron chi connectivity index (χ3n) is 6.47. The average molecular weight is 654 g/mol. The summed E-state index contributed by atoms with van der Waals surface area (Å²) in [5.74, 6) is -4.68. The first-order valence-electron chi connectivity index (χ1n) is 13.4. The molecule has 5 rings (SSSR count). The number of carboxylic acids is 1. The van der Waals surface area contributed by atoms with Crippen LogP contribution >= 0.6 is 0 Å². The van der Waals surface area contributed by atoms with Gasteiger partial charge in [0, 0.05) is 47.7 Å². The minimum absolute atomic E-state index is 0. The number of carboxylic acid groups (broad SMARTS) is 1. The molecule has 2 N–H and O–H groups in total. The number of hydrogen-bond acceptors (Lipinski definition) is 8. The number of rotatable bonds is 11. The van der Waals surface area contributed by atoms with Gasteiger partial charge in [0.1, 0.15) is 22.8 Å². The first-order chi connectivity index (χ1) is 21.5. The zero-order valence-corrected chi connectivity index (χ0v) is 26.3. The van der Waals surface area contributed by atoms with Crippen LogP contribution in [0.1, 0.15) is 37.1 Å². The molecule has 1 atom stereocenters. The van der Waals surface area contributed by atoms with Gasteiger partial charge < -0.3 is 19.7 Å². The van der Waals surface area contributed by atoms with E-state index >= 15 is 0 Å². The second-order valence-electron chi connectivity index (χ2n) is 9.68. The number of aliphatic carboxylic acids is 1. The number of nitrogens with one attached hydrogen (secondary N) is 1. The van der Waals surface area contributed by atoms with Crippen LogP contribution in [0.15, 0.2) is 59.4 Å². The molecule has 2 aliphatic rings. The molecule has 2 aromatic carbocycles. The number of carbonyl (C=O) groups is 2. The number of nitrogens with zero attached hydrogens (tertiary/aromatic N) is 5. The van der Waals surface area contributed by atoms with Crippen LogP contribution in [0.25, 0.3) is 34.0 Å². The van der Waals surface area contributed by atoms with Crippen molar-refractivity contribution in [3.05, 3.63) is 77.8 Å². The van der Waals surface area contributed by atoms with Crippen molar-refractivity contribution in [1.29, 1.82) is 0 Å². The maximum atomic E-state index is 14.4. The van der Waals surface area contributed by atoms with Gasteiger partial charge in [-0.15, -0.1) is 0 Å². The largest absolute Gasteiger partial charge is 0.494 e. The average Bonchev–Trinajstić information content (AvgIpc) is 3.64. The molecule has 1 amide bonds. The van der Waals surface area contributed by atoms with Crippen LogP contribution in [0.3, 0.4) is 0 Å². The van der Waals surface area contributed by atoms with Gasteiger partial charge in [-0.05, 0) is 36.8 Å². The fraction of sp³-hybridized carbons (Fsp3) is 0.241. The van der Waals surface area contributed by atoms with Gasteiger partial charge in [-0.1, -0.05) is 18.1 Å². The number of halogens is 5. The molecular weight excluding hydrogens is 630 g/mol. The fourth-order valence-corrected chi connectivity index (χ4v) is 4.38. The minimum atomic E-state index is -4.79. The van der Waals surface area contributed by atoms with E-state index < -0.39 is 47.7 Å². The van der Waals surface area contributed by atoms with Crippen molar-refractivity contribution < 1.29 is 45.9 Å². The van der Waals surface area contributed by atoms with Gasteiger partial charge in [-0.25, -0.2) is 18.7 Å². The van der Waals surface area contributed by atoms with Gasteiger partial charge in [0.05, 0.1) is 36.5 Å². The summed E-state index contributed by atoms with van der Waals surface area (Å²) in [7, 11) is 0. The number of aromatic nitrogens is 5. The Balaban J connectivity index is 0.00000480. The monoisotopic (exact) mass is 653 g/mol. The van der Waals surface area contributed by atoms with E-state index in [9.17, 15) is 31.5 Å². The molecule has 2 aliphatic heterocycles. The molecule has 1 aromatic heterocycles. The van der Waals surface area contributed by atoms with Gasteiger partial charge in [0.2, 0.25) is 0 Å². The smallest absolute Gasteiger partial charge is 0.417 e. The number of benzene rings is 2. The predicted molar refractivity (Wildman–Crippen MR) is 152 cm³/mol. The molecular formula is C29H23F5N6NaO5. The van der Waals surface area contributed by atoms with E-state index in [1.807, 2.05) is 6.92 Å². The molecule has 1 radical (unpaired) electrons. The number of fused-ring (bicyclic) bond motifs is 1. The van der Waals surface area contributed by atoms with Gasteiger partial charge in [-0.3, -0.25) is 14.3 Å². The van der Waals surface area contributed by atoms with Crippen LogP contribution in [0.2, 0.25) is 0 Å². The van der Waals surface area contributed by atoms with Gasteiger partial charge in [0.25, 0.3) is 5.91 Å². The normalized spacial score (nSPS) is 12.0. The van der Waals surface area contributed by atoms with Crippen molar-refractivity contribution in [2.75, 3.05) is 13.2 Å². The van der Waals surface area contributed by atoms with E-state index in [1.165, 1.54) is 36.7 Å². The number of ether oxygens (including phenoxy) is 1. The van der Waals surface area contributed by atoms with Crippen molar-refractivity contribution >= 4 is 41.4 Å². The van der Waals surface area contributed by atoms with Crippen molar-refractivity contribution in [3.8, 4) is 39.8 Å². The molecule has 0 bridgehead atoms. The summed E-state index contributed by atoms with van der Waals surface area (Å²) in [5, 5.41) is 19.3. The third-order valence-corrected chi connectivity index (χ3v) is 6.47. The maximum Gasteiger partial charge on any atom is 0.417 e. The second kappa shape index (κ2) is 14.3. The van der Waals surface area contributed by atoms with E-state index in [-0.39, 0.29) is 88.3 Å². The summed E-state index contributed by atoms with van der Waals surface area (Å²) < 4.78 is 82.0. The van der Waals surface area contributed by atoms with Gasteiger partial charge in [0.15, 0.2) is 29.3 Å². The summed E-state index contributed by atoms with van der Waals surface area (Å²) in [6.45, 7) is 1.73. The Morgan fingerprint density at radius 2 is 1.83 bits per heavy atom. The molecule has 17 heteroatoms. The molecule has 0 aliphatic carbocycles. The zero-order valence-electron chi connectivity index (χ0n) is 24.3. The number of imidazole rings is 1. The first kappa shape index (κ1) is 34.5. The Hall–Kier alpha value is -4.41. The van der Waals surface area contributed by atoms with Gasteiger partial charge in [-0.2, -0.15) is 18.3 Å². The molecule has 0 spiro atoms. The SMILES string of the molecule is CCCOc1ccc(-c2cc(C(C(=O)NCCC(=O)O)n3cc4nc(-c5cccc(F)c5F)nc-4cn3)on2)c(C(F)(F)F)c1.[Na]. The molecule has 0 saturated heterocycles. The molecule has 3 heterocycles. The second-order valence-corrected chi connectivity index (χ2v) is 9.68. The van der Waals surface area contributed by atoms with E-state index in [2.05, 4.69) is 25.5 Å². The molecule has 1 unspecified atom stereocenters. The Kier molecular flexibility index (Phi) is 10.7. The van der Waals surface area contributed by atoms with Crippen molar-refractivity contribution in [2.45, 2.75) is 32.0 Å². The van der Waals surface area contributed by atoms with Gasteiger partial charge >= 0.3 is 12.1 Å². The van der Waals surface area contributed by atoms with E-state index in [0.717, 1.165) is 22.9 Å². The van der Waals surface area contributed by atoms with E-state index in [4.69, 9.17) is 14.4 Å². The number of amides is 1. The van der Waals surface area contributed by atoms with E-state index in [0.29, 0.717) is 6.42 Å². The fourth-order valence-electron chi connectivity index (χ4n) is 4.38. The van der Waals surface area contributed by atoms with E-state index in [1.54, 1.807) is 0 Å². The zero-order chi connectivity index (χ0) is 32.3. The summed E-state index contributed by atoms with van der Waals surface area (Å²) in [6.07, 6.45) is -2.19. The predicted octanol–water partition coefficient (Wildman–Crippen LogP) is 4.99. The quantitative estimate of drug-likeness (QED) is 0.149.